The second-order valence-corrected chi connectivity index (χ2v) is 9.50. The Bertz CT molecular complexity index is 488. The Morgan fingerprint density at radius 1 is 0.562 bits per heavy atom. The number of methoxy groups -OCH3 is 1. The van der Waals surface area contributed by atoms with Crippen molar-refractivity contribution in [2.75, 3.05) is 26.7 Å². The molecule has 0 atom stereocenters. The molecule has 0 aliphatic heterocycles. The van der Waals surface area contributed by atoms with Crippen molar-refractivity contribution >= 4 is 0 Å². The first-order chi connectivity index (χ1) is 15.9. The summed E-state index contributed by atoms with van der Waals surface area (Å²) in [5.41, 5.74) is 6.93. The molecule has 1 aromatic rings. The number of rotatable bonds is 24. The molecule has 0 fully saturated rings. The normalized spacial score (nSPS) is 11.2. The average Bonchev–Trinajstić information content (AvgIpc) is 2.82. The first kappa shape index (κ1) is 29.0. The fourth-order valence-electron chi connectivity index (χ4n) is 4.38. The zero-order chi connectivity index (χ0) is 23.0. The fourth-order valence-corrected chi connectivity index (χ4v) is 4.38. The van der Waals surface area contributed by atoms with Crippen LogP contribution in [0.15, 0.2) is 24.3 Å². The maximum atomic E-state index is 5.49. The Hall–Kier alpha value is -1.06. The van der Waals surface area contributed by atoms with Crippen LogP contribution in [0.3, 0.4) is 0 Å². The smallest absolute Gasteiger partial charge is 0.118 e. The number of benzene rings is 1. The van der Waals surface area contributed by atoms with Gasteiger partial charge in [0.15, 0.2) is 0 Å². The molecule has 0 spiro atoms. The molecule has 0 bridgehead atoms. The van der Waals surface area contributed by atoms with Crippen LogP contribution in [0.2, 0.25) is 0 Å². The monoisotopic (exact) mass is 446 g/mol. The number of nitrogens with one attached hydrogen (secondary N) is 1. The van der Waals surface area contributed by atoms with Gasteiger partial charge in [-0.1, -0.05) is 108 Å². The van der Waals surface area contributed by atoms with E-state index in [9.17, 15) is 0 Å². The van der Waals surface area contributed by atoms with E-state index in [2.05, 4.69) is 29.6 Å². The molecular weight excluding hydrogens is 392 g/mol. The number of hydrogen-bond acceptors (Lipinski definition) is 3. The lowest BCUT2D eigenvalue weighted by molar-refractivity contribution is 0.414. The Balaban J connectivity index is 1.70. The molecule has 186 valence electrons. The van der Waals surface area contributed by atoms with Crippen molar-refractivity contribution in [3.8, 4) is 5.75 Å². The first-order valence-electron chi connectivity index (χ1n) is 13.9. The van der Waals surface area contributed by atoms with Crippen LogP contribution in [-0.2, 0) is 6.42 Å². The van der Waals surface area contributed by atoms with E-state index >= 15 is 0 Å². The van der Waals surface area contributed by atoms with E-state index < -0.39 is 0 Å². The van der Waals surface area contributed by atoms with Crippen LogP contribution in [0.5, 0.6) is 5.75 Å². The minimum Gasteiger partial charge on any atom is -0.497 e. The highest BCUT2D eigenvalue weighted by atomic mass is 16.5. The standard InChI is InChI=1S/C29H54N2O/c1-32-29-23-21-28(22-24-29)20-17-15-13-11-9-7-5-3-2-4-6-8-10-12-14-16-18-26-31-27-19-25-30/h21-24,31H,2-20,25-27,30H2,1H3. The van der Waals surface area contributed by atoms with Crippen LogP contribution in [0.1, 0.15) is 121 Å². The van der Waals surface area contributed by atoms with Gasteiger partial charge in [0.05, 0.1) is 7.11 Å². The summed E-state index contributed by atoms with van der Waals surface area (Å²) >= 11 is 0. The summed E-state index contributed by atoms with van der Waals surface area (Å²) in [6.45, 7) is 3.06. The summed E-state index contributed by atoms with van der Waals surface area (Å²) in [5, 5.41) is 3.47. The van der Waals surface area contributed by atoms with E-state index in [1.54, 1.807) is 7.11 Å². The summed E-state index contributed by atoms with van der Waals surface area (Å²) in [6, 6.07) is 8.54. The van der Waals surface area contributed by atoms with Gasteiger partial charge in [-0.25, -0.2) is 0 Å². The molecule has 0 saturated heterocycles. The van der Waals surface area contributed by atoms with E-state index in [4.69, 9.17) is 10.5 Å². The summed E-state index contributed by atoms with van der Waals surface area (Å²) < 4.78 is 5.22. The van der Waals surface area contributed by atoms with Gasteiger partial charge in [0.1, 0.15) is 5.75 Å². The molecule has 32 heavy (non-hydrogen) atoms. The average molecular weight is 447 g/mol. The molecule has 0 saturated carbocycles. The van der Waals surface area contributed by atoms with Gasteiger partial charge in [0, 0.05) is 0 Å². The van der Waals surface area contributed by atoms with Crippen molar-refractivity contribution in [2.24, 2.45) is 5.73 Å². The van der Waals surface area contributed by atoms with Crippen molar-refractivity contribution in [3.63, 3.8) is 0 Å². The molecular formula is C29H54N2O. The summed E-state index contributed by atoms with van der Waals surface area (Å²) in [4.78, 5) is 0. The number of nitrogens with two attached hydrogens (primary N) is 1. The third-order valence-corrected chi connectivity index (χ3v) is 6.54. The second kappa shape index (κ2) is 23.1. The summed E-state index contributed by atoms with van der Waals surface area (Å²) in [5.74, 6) is 0.957. The Morgan fingerprint density at radius 3 is 1.41 bits per heavy atom. The minimum absolute atomic E-state index is 0.806. The lowest BCUT2D eigenvalue weighted by Gasteiger charge is -2.05. The van der Waals surface area contributed by atoms with Gasteiger partial charge in [-0.05, 0) is 63.0 Å². The Kier molecular flexibility index (Phi) is 20.9. The lowest BCUT2D eigenvalue weighted by atomic mass is 10.0. The molecule has 3 N–H and O–H groups in total. The van der Waals surface area contributed by atoms with E-state index in [-0.39, 0.29) is 0 Å². The fraction of sp³-hybridized carbons (Fsp3) is 0.793. The molecule has 0 aliphatic carbocycles. The van der Waals surface area contributed by atoms with Crippen LogP contribution >= 0.6 is 0 Å². The van der Waals surface area contributed by atoms with Crippen molar-refractivity contribution in [1.82, 2.24) is 5.32 Å². The van der Waals surface area contributed by atoms with Gasteiger partial charge in [-0.3, -0.25) is 0 Å². The number of aryl methyl sites for hydroxylation is 1. The molecule has 3 nitrogen and oxygen atoms in total. The van der Waals surface area contributed by atoms with Gasteiger partial charge in [-0.15, -0.1) is 0 Å². The molecule has 0 unspecified atom stereocenters. The zero-order valence-electron chi connectivity index (χ0n) is 21.4. The van der Waals surface area contributed by atoms with Gasteiger partial charge in [0.25, 0.3) is 0 Å². The first-order valence-corrected chi connectivity index (χ1v) is 13.9. The van der Waals surface area contributed by atoms with Gasteiger partial charge < -0.3 is 15.8 Å². The van der Waals surface area contributed by atoms with E-state index in [0.717, 1.165) is 25.3 Å². The third kappa shape index (κ3) is 18.5. The van der Waals surface area contributed by atoms with Crippen molar-refractivity contribution in [2.45, 2.75) is 122 Å². The quantitative estimate of drug-likeness (QED) is 0.159. The number of unbranched alkanes of at least 4 members (excludes halogenated alkanes) is 16. The molecule has 0 aromatic heterocycles. The molecule has 3 heteroatoms. The van der Waals surface area contributed by atoms with Crippen LogP contribution in [-0.4, -0.2) is 26.7 Å². The molecule has 0 amide bonds. The SMILES string of the molecule is COc1ccc(CCCCCCCCCCCCCCCCCCCNCCCN)cc1. The molecule has 0 heterocycles. The van der Waals surface area contributed by atoms with E-state index in [1.165, 1.54) is 128 Å². The maximum Gasteiger partial charge on any atom is 0.118 e. The van der Waals surface area contributed by atoms with Gasteiger partial charge in [-0.2, -0.15) is 0 Å². The van der Waals surface area contributed by atoms with E-state index in [0.29, 0.717) is 0 Å². The lowest BCUT2D eigenvalue weighted by Crippen LogP contribution is -2.19. The molecule has 0 radical (unpaired) electrons. The third-order valence-electron chi connectivity index (χ3n) is 6.54. The highest BCUT2D eigenvalue weighted by molar-refractivity contribution is 5.27. The van der Waals surface area contributed by atoms with Crippen LogP contribution in [0.25, 0.3) is 0 Å². The van der Waals surface area contributed by atoms with Gasteiger partial charge in [0.2, 0.25) is 0 Å². The summed E-state index contributed by atoms with van der Waals surface area (Å²) in [6.07, 6.45) is 26.4. The second-order valence-electron chi connectivity index (χ2n) is 9.50. The minimum atomic E-state index is 0.806. The van der Waals surface area contributed by atoms with Crippen molar-refractivity contribution < 1.29 is 4.74 Å². The zero-order valence-corrected chi connectivity index (χ0v) is 21.4. The highest BCUT2D eigenvalue weighted by Crippen LogP contribution is 2.16. The molecule has 0 aliphatic rings. The Labute approximate surface area is 200 Å². The molecule has 1 aromatic carbocycles. The van der Waals surface area contributed by atoms with E-state index in [1.807, 2.05) is 0 Å². The number of hydrogen-bond donors (Lipinski definition) is 2. The van der Waals surface area contributed by atoms with Crippen LogP contribution in [0, 0.1) is 0 Å². The largest absolute Gasteiger partial charge is 0.497 e. The topological polar surface area (TPSA) is 47.3 Å². The predicted molar refractivity (Wildman–Crippen MR) is 142 cm³/mol. The van der Waals surface area contributed by atoms with Crippen molar-refractivity contribution in [1.29, 1.82) is 0 Å². The maximum absolute atomic E-state index is 5.49. The number of ether oxygens (including phenoxy) is 1. The van der Waals surface area contributed by atoms with Crippen LogP contribution in [0.4, 0.5) is 0 Å². The van der Waals surface area contributed by atoms with Gasteiger partial charge >= 0.3 is 0 Å². The van der Waals surface area contributed by atoms with Crippen LogP contribution < -0.4 is 15.8 Å². The summed E-state index contributed by atoms with van der Waals surface area (Å²) in [7, 11) is 1.73. The predicted octanol–water partition coefficient (Wildman–Crippen LogP) is 7.81. The Morgan fingerprint density at radius 2 is 0.969 bits per heavy atom. The van der Waals surface area contributed by atoms with Crippen molar-refractivity contribution in [3.05, 3.63) is 29.8 Å². The molecule has 1 rings (SSSR count). The highest BCUT2D eigenvalue weighted by Gasteiger charge is 1.97.